The van der Waals surface area contributed by atoms with E-state index in [9.17, 15) is 9.90 Å². The number of carbonyl (C=O) groups excluding carboxylic acids is 1. The first-order valence-electron chi connectivity index (χ1n) is 14.8. The van der Waals surface area contributed by atoms with E-state index in [0.29, 0.717) is 0 Å². The Kier molecular flexibility index (Phi) is 12.7. The van der Waals surface area contributed by atoms with Crippen molar-refractivity contribution in [2.75, 3.05) is 0 Å². The number of fused-ring (bicyclic) bond motifs is 3. The molecule has 0 saturated heterocycles. The number of ketones is 1. The molecule has 1 heterocycles. The molecule has 0 aliphatic heterocycles. The van der Waals surface area contributed by atoms with Gasteiger partial charge in [-0.1, -0.05) is 88.4 Å². The maximum Gasteiger partial charge on any atom is 0.162 e. The molecule has 0 unspecified atom stereocenters. The topological polar surface area (TPSA) is 50.2 Å². The van der Waals surface area contributed by atoms with Gasteiger partial charge in [0.2, 0.25) is 0 Å². The normalized spacial score (nSPS) is 11.3. The molecule has 0 aliphatic carbocycles. The van der Waals surface area contributed by atoms with Gasteiger partial charge in [0.05, 0.1) is 5.76 Å². The van der Waals surface area contributed by atoms with Crippen LogP contribution < -0.4 is 0 Å². The van der Waals surface area contributed by atoms with Crippen molar-refractivity contribution in [2.24, 2.45) is 11.8 Å². The van der Waals surface area contributed by atoms with Crippen molar-refractivity contribution in [3.63, 3.8) is 0 Å². The van der Waals surface area contributed by atoms with Gasteiger partial charge in [-0.15, -0.1) is 35.4 Å². The summed E-state index contributed by atoms with van der Waals surface area (Å²) >= 11 is 0. The largest absolute Gasteiger partial charge is 0.512 e. The minimum Gasteiger partial charge on any atom is -0.512 e. The first kappa shape index (κ1) is 32.9. The zero-order chi connectivity index (χ0) is 29.2. The molecule has 0 fully saturated rings. The maximum atomic E-state index is 11.7. The zero-order valence-corrected chi connectivity index (χ0v) is 27.3. The second-order valence-electron chi connectivity index (χ2n) is 10.4. The summed E-state index contributed by atoms with van der Waals surface area (Å²) in [6.07, 6.45) is 6.73. The van der Waals surface area contributed by atoms with Gasteiger partial charge in [0.25, 0.3) is 0 Å². The third-order valence-electron chi connectivity index (χ3n) is 7.90. The number of carbonyl (C=O) groups is 1. The fourth-order valence-corrected chi connectivity index (χ4v) is 5.38. The molecule has 42 heavy (non-hydrogen) atoms. The average Bonchev–Trinajstić information content (AvgIpc) is 3.02. The number of aliphatic hydroxyl groups excluding tert-OH is 1. The van der Waals surface area contributed by atoms with E-state index in [4.69, 9.17) is 0 Å². The van der Waals surface area contributed by atoms with Crippen molar-refractivity contribution < 1.29 is 30.0 Å². The van der Waals surface area contributed by atoms with Crippen LogP contribution in [0.15, 0.2) is 109 Å². The Morgan fingerprint density at radius 1 is 0.786 bits per heavy atom. The van der Waals surface area contributed by atoms with Crippen LogP contribution in [0.3, 0.4) is 0 Å². The van der Waals surface area contributed by atoms with E-state index in [1.165, 1.54) is 38.7 Å². The Morgan fingerprint density at radius 3 is 2.05 bits per heavy atom. The molecule has 1 aromatic heterocycles. The van der Waals surface area contributed by atoms with E-state index in [-0.39, 0.29) is 43.5 Å². The third kappa shape index (κ3) is 7.82. The Labute approximate surface area is 264 Å². The monoisotopic (exact) mass is 735 g/mol. The van der Waals surface area contributed by atoms with Crippen LogP contribution in [0.5, 0.6) is 0 Å². The fourth-order valence-electron chi connectivity index (χ4n) is 5.38. The van der Waals surface area contributed by atoms with Crippen molar-refractivity contribution >= 4 is 27.3 Å². The molecular weight excluding hydrogens is 695 g/mol. The first-order chi connectivity index (χ1) is 20.0. The molecule has 4 aromatic carbocycles. The predicted molar refractivity (Wildman–Crippen MR) is 173 cm³/mol. The van der Waals surface area contributed by atoms with Crippen molar-refractivity contribution in [3.05, 3.63) is 115 Å². The van der Waals surface area contributed by atoms with Gasteiger partial charge in [0, 0.05) is 44.2 Å². The van der Waals surface area contributed by atoms with Gasteiger partial charge in [-0.3, -0.25) is 4.79 Å². The standard InChI is InChI=1S/C25H16N.C13H24O2.Ir/c1-2-11-21-19(8-1)17-24(23-13-4-3-12-22(21)23)18-9-7-10-20(16-18)25-14-5-6-15-26-25;1-5-10(6-2)12(14)9-13(15)11(7-3)8-4;/h1-9,11-17H;9-11,14H,5-8H2,1-4H3;/q-1;;/b;12-9-;. The fraction of sp³-hybridized carbons (Fsp3) is 0.263. The smallest absolute Gasteiger partial charge is 0.162 e. The number of nitrogens with zero attached hydrogens (tertiary/aromatic N) is 1. The van der Waals surface area contributed by atoms with E-state index in [0.717, 1.165) is 36.9 Å². The van der Waals surface area contributed by atoms with E-state index in [2.05, 4.69) is 77.8 Å². The van der Waals surface area contributed by atoms with Gasteiger partial charge in [0.15, 0.2) is 5.78 Å². The summed E-state index contributed by atoms with van der Waals surface area (Å²) < 4.78 is 0. The van der Waals surface area contributed by atoms with Gasteiger partial charge in [-0.25, -0.2) is 0 Å². The van der Waals surface area contributed by atoms with Crippen LogP contribution in [0.25, 0.3) is 43.9 Å². The molecule has 0 aliphatic rings. The number of hydrogen-bond donors (Lipinski definition) is 1. The Bertz CT molecular complexity index is 1620. The third-order valence-corrected chi connectivity index (χ3v) is 7.90. The quantitative estimate of drug-likeness (QED) is 0.0710. The summed E-state index contributed by atoms with van der Waals surface area (Å²) in [5.41, 5.74) is 4.39. The summed E-state index contributed by atoms with van der Waals surface area (Å²) in [6.45, 7) is 8.07. The molecular formula is C38H40IrNO2-. The van der Waals surface area contributed by atoms with Crippen LogP contribution in [-0.2, 0) is 24.9 Å². The second kappa shape index (κ2) is 16.2. The predicted octanol–water partition coefficient (Wildman–Crippen LogP) is 10.4. The molecule has 0 bridgehead atoms. The summed E-state index contributed by atoms with van der Waals surface area (Å²) in [5.74, 6) is 0.547. The minimum absolute atomic E-state index is 0. The van der Waals surface area contributed by atoms with E-state index >= 15 is 0 Å². The number of benzene rings is 4. The summed E-state index contributed by atoms with van der Waals surface area (Å²) in [4.78, 5) is 16.2. The SMILES string of the molecule is CCC(CC)C(=O)/C=C(\O)C(CC)CC.[Ir].[c-]1ccc(-c2cc3ccccc3c3ccccc23)cc1-c1ccccn1. The molecule has 5 aromatic rings. The maximum absolute atomic E-state index is 11.7. The van der Waals surface area contributed by atoms with Crippen LogP contribution in [-0.4, -0.2) is 15.9 Å². The summed E-state index contributed by atoms with van der Waals surface area (Å²) in [6, 6.07) is 35.1. The first-order valence-corrected chi connectivity index (χ1v) is 14.8. The molecule has 4 heteroatoms. The van der Waals surface area contributed by atoms with Crippen LogP contribution in [0.1, 0.15) is 53.4 Å². The molecule has 219 valence electrons. The van der Waals surface area contributed by atoms with E-state index in [1.54, 1.807) is 0 Å². The van der Waals surface area contributed by atoms with Crippen LogP contribution >= 0.6 is 0 Å². The summed E-state index contributed by atoms with van der Waals surface area (Å²) in [7, 11) is 0. The van der Waals surface area contributed by atoms with Crippen molar-refractivity contribution in [1.82, 2.24) is 4.98 Å². The zero-order valence-electron chi connectivity index (χ0n) is 24.9. The van der Waals surface area contributed by atoms with E-state index in [1.807, 2.05) is 58.2 Å². The van der Waals surface area contributed by atoms with Crippen LogP contribution in [0, 0.1) is 17.9 Å². The molecule has 3 nitrogen and oxygen atoms in total. The molecule has 0 saturated carbocycles. The summed E-state index contributed by atoms with van der Waals surface area (Å²) in [5, 5.41) is 14.9. The van der Waals surface area contributed by atoms with Crippen molar-refractivity contribution in [3.8, 4) is 22.4 Å². The Hall–Kier alpha value is -3.59. The van der Waals surface area contributed by atoms with Crippen LogP contribution in [0.2, 0.25) is 0 Å². The molecule has 0 spiro atoms. The Balaban J connectivity index is 0.000000263. The minimum atomic E-state index is 0. The Morgan fingerprint density at radius 2 is 1.40 bits per heavy atom. The van der Waals surface area contributed by atoms with Crippen molar-refractivity contribution in [1.29, 1.82) is 0 Å². The van der Waals surface area contributed by atoms with Crippen LogP contribution in [0.4, 0.5) is 0 Å². The van der Waals surface area contributed by atoms with Gasteiger partial charge >= 0.3 is 0 Å². The second-order valence-corrected chi connectivity index (χ2v) is 10.4. The molecule has 1 radical (unpaired) electrons. The molecule has 0 atom stereocenters. The molecule has 5 rings (SSSR count). The van der Waals surface area contributed by atoms with Gasteiger partial charge in [-0.05, 0) is 70.6 Å². The van der Waals surface area contributed by atoms with Crippen molar-refractivity contribution in [2.45, 2.75) is 53.4 Å². The number of rotatable bonds is 9. The number of aromatic nitrogens is 1. The van der Waals surface area contributed by atoms with E-state index < -0.39 is 0 Å². The van der Waals surface area contributed by atoms with Gasteiger partial charge in [0.1, 0.15) is 0 Å². The molecule has 0 amide bonds. The number of pyridine rings is 1. The van der Waals surface area contributed by atoms with Gasteiger partial charge in [-0.2, -0.15) is 0 Å². The average molecular weight is 735 g/mol. The molecule has 1 N–H and O–H groups in total. The number of aliphatic hydroxyl groups is 1. The number of allylic oxidation sites excluding steroid dienone is 2. The van der Waals surface area contributed by atoms with Gasteiger partial charge < -0.3 is 10.1 Å². The number of hydrogen-bond acceptors (Lipinski definition) is 3.